The van der Waals surface area contributed by atoms with E-state index in [1.54, 1.807) is 24.3 Å². The van der Waals surface area contributed by atoms with Crippen LogP contribution in [0.1, 0.15) is 38.6 Å². The molecule has 1 saturated carbocycles. The molecule has 0 radical (unpaired) electrons. The third-order valence-electron chi connectivity index (χ3n) is 5.27. The number of aromatic nitrogens is 3. The van der Waals surface area contributed by atoms with Crippen molar-refractivity contribution in [2.75, 3.05) is 16.4 Å². The number of thioether (sulfide) groups is 1. The van der Waals surface area contributed by atoms with E-state index in [4.69, 9.17) is 11.6 Å². The molecule has 1 fully saturated rings. The number of amides is 2. The zero-order valence-electron chi connectivity index (χ0n) is 17.7. The largest absolute Gasteiger partial charge is 0.326 e. The van der Waals surface area contributed by atoms with Crippen LogP contribution < -0.4 is 10.6 Å². The van der Waals surface area contributed by atoms with E-state index in [0.29, 0.717) is 27.6 Å². The van der Waals surface area contributed by atoms with Gasteiger partial charge in [-0.1, -0.05) is 54.4 Å². The molecule has 0 spiro atoms. The Balaban J connectivity index is 1.49. The molecule has 32 heavy (non-hydrogen) atoms. The van der Waals surface area contributed by atoms with Crippen LogP contribution in [0.5, 0.6) is 0 Å². The molecule has 1 aromatic heterocycles. The Morgan fingerprint density at radius 1 is 1.06 bits per heavy atom. The van der Waals surface area contributed by atoms with Gasteiger partial charge in [-0.25, -0.2) is 0 Å². The van der Waals surface area contributed by atoms with Crippen LogP contribution in [0.15, 0.2) is 53.7 Å². The van der Waals surface area contributed by atoms with Gasteiger partial charge in [-0.3, -0.25) is 14.2 Å². The van der Waals surface area contributed by atoms with Crippen LogP contribution in [-0.2, 0) is 9.59 Å². The highest BCUT2D eigenvalue weighted by Crippen LogP contribution is 2.38. The SMILES string of the molecule is CC(=O)Nc1cccc(NC(=O)CSc2nnc(-c3ccccc3Cl)n2C2CCCC2)c1. The quantitative estimate of drug-likeness (QED) is 0.452. The molecule has 0 bridgehead atoms. The van der Waals surface area contributed by atoms with Crippen LogP contribution in [0.25, 0.3) is 11.4 Å². The zero-order chi connectivity index (χ0) is 22.5. The number of hydrogen-bond acceptors (Lipinski definition) is 5. The smallest absolute Gasteiger partial charge is 0.234 e. The minimum absolute atomic E-state index is 0.157. The monoisotopic (exact) mass is 469 g/mol. The fourth-order valence-electron chi connectivity index (χ4n) is 3.90. The van der Waals surface area contributed by atoms with Crippen molar-refractivity contribution in [1.29, 1.82) is 0 Å². The third-order valence-corrected chi connectivity index (χ3v) is 6.54. The minimum Gasteiger partial charge on any atom is -0.326 e. The maximum Gasteiger partial charge on any atom is 0.234 e. The number of carbonyl (C=O) groups excluding carboxylic acids is 2. The summed E-state index contributed by atoms with van der Waals surface area (Å²) in [6.45, 7) is 1.44. The van der Waals surface area contributed by atoms with Gasteiger partial charge in [-0.2, -0.15) is 0 Å². The highest BCUT2D eigenvalue weighted by molar-refractivity contribution is 7.99. The topological polar surface area (TPSA) is 88.9 Å². The van der Waals surface area contributed by atoms with Gasteiger partial charge in [0, 0.05) is 29.9 Å². The number of rotatable bonds is 7. The van der Waals surface area contributed by atoms with Crippen LogP contribution in [0.3, 0.4) is 0 Å². The number of benzene rings is 2. The first-order valence-electron chi connectivity index (χ1n) is 10.5. The summed E-state index contributed by atoms with van der Waals surface area (Å²) in [6, 6.07) is 15.0. The first-order valence-corrected chi connectivity index (χ1v) is 11.9. The van der Waals surface area contributed by atoms with Gasteiger partial charge in [0.1, 0.15) is 0 Å². The van der Waals surface area contributed by atoms with Gasteiger partial charge < -0.3 is 10.6 Å². The molecule has 3 aromatic rings. The highest BCUT2D eigenvalue weighted by atomic mass is 35.5. The molecule has 2 N–H and O–H groups in total. The molecule has 2 amide bonds. The number of nitrogens with one attached hydrogen (secondary N) is 2. The normalized spacial score (nSPS) is 13.8. The number of carbonyl (C=O) groups is 2. The minimum atomic E-state index is -0.162. The first kappa shape index (κ1) is 22.4. The predicted octanol–water partition coefficient (Wildman–Crippen LogP) is 5.40. The van der Waals surface area contributed by atoms with E-state index in [9.17, 15) is 9.59 Å². The Kier molecular flexibility index (Phi) is 7.12. The van der Waals surface area contributed by atoms with E-state index in [1.165, 1.54) is 31.5 Å². The lowest BCUT2D eigenvalue weighted by molar-refractivity contribution is -0.114. The molecule has 1 heterocycles. The average molecular weight is 470 g/mol. The number of anilines is 2. The molecule has 0 saturated heterocycles. The second-order valence-corrected chi connectivity index (χ2v) is 9.04. The lowest BCUT2D eigenvalue weighted by atomic mass is 10.2. The van der Waals surface area contributed by atoms with E-state index in [2.05, 4.69) is 25.4 Å². The Labute approximate surface area is 196 Å². The molecule has 0 atom stereocenters. The lowest BCUT2D eigenvalue weighted by Crippen LogP contribution is -2.16. The van der Waals surface area contributed by atoms with Crippen molar-refractivity contribution in [3.8, 4) is 11.4 Å². The highest BCUT2D eigenvalue weighted by Gasteiger charge is 2.26. The number of nitrogens with zero attached hydrogens (tertiary/aromatic N) is 3. The summed E-state index contributed by atoms with van der Waals surface area (Å²) in [5.41, 5.74) is 2.10. The predicted molar refractivity (Wildman–Crippen MR) is 128 cm³/mol. The van der Waals surface area contributed by atoms with Gasteiger partial charge in [0.15, 0.2) is 11.0 Å². The van der Waals surface area contributed by atoms with Crippen molar-refractivity contribution < 1.29 is 9.59 Å². The van der Waals surface area contributed by atoms with Gasteiger partial charge in [-0.15, -0.1) is 10.2 Å². The average Bonchev–Trinajstić information content (AvgIpc) is 3.42. The number of halogens is 1. The van der Waals surface area contributed by atoms with E-state index in [1.807, 2.05) is 24.3 Å². The van der Waals surface area contributed by atoms with Gasteiger partial charge in [0.05, 0.1) is 10.8 Å². The first-order chi connectivity index (χ1) is 15.5. The molecule has 2 aromatic carbocycles. The molecule has 9 heteroatoms. The maximum absolute atomic E-state index is 12.6. The van der Waals surface area contributed by atoms with E-state index in [-0.39, 0.29) is 17.6 Å². The molecule has 1 aliphatic rings. The molecule has 7 nitrogen and oxygen atoms in total. The van der Waals surface area contributed by atoms with Crippen molar-refractivity contribution in [2.45, 2.75) is 43.8 Å². The van der Waals surface area contributed by atoms with Crippen LogP contribution >= 0.6 is 23.4 Å². The van der Waals surface area contributed by atoms with Crippen molar-refractivity contribution in [3.63, 3.8) is 0 Å². The van der Waals surface area contributed by atoms with Crippen molar-refractivity contribution in [3.05, 3.63) is 53.6 Å². The van der Waals surface area contributed by atoms with E-state index >= 15 is 0 Å². The molecule has 0 unspecified atom stereocenters. The second-order valence-electron chi connectivity index (χ2n) is 7.69. The van der Waals surface area contributed by atoms with Gasteiger partial charge >= 0.3 is 0 Å². The number of hydrogen-bond donors (Lipinski definition) is 2. The molecular formula is C23H24ClN5O2S. The summed E-state index contributed by atoms with van der Waals surface area (Å²) in [5, 5.41) is 15.8. The Bertz CT molecular complexity index is 1130. The lowest BCUT2D eigenvalue weighted by Gasteiger charge is -2.17. The van der Waals surface area contributed by atoms with Crippen LogP contribution in [-0.4, -0.2) is 32.3 Å². The van der Waals surface area contributed by atoms with Gasteiger partial charge in [0.2, 0.25) is 11.8 Å². The summed E-state index contributed by atoms with van der Waals surface area (Å²) in [6.07, 6.45) is 4.45. The summed E-state index contributed by atoms with van der Waals surface area (Å²) in [5.74, 6) is 0.617. The molecule has 1 aliphatic carbocycles. The van der Waals surface area contributed by atoms with E-state index in [0.717, 1.165) is 24.2 Å². The summed E-state index contributed by atoms with van der Waals surface area (Å²) < 4.78 is 2.14. The second kappa shape index (κ2) is 10.2. The zero-order valence-corrected chi connectivity index (χ0v) is 19.2. The fourth-order valence-corrected chi connectivity index (χ4v) is 4.92. The van der Waals surface area contributed by atoms with Crippen LogP contribution in [0.2, 0.25) is 5.02 Å². The Morgan fingerprint density at radius 2 is 1.78 bits per heavy atom. The molecule has 0 aliphatic heterocycles. The molecule has 166 valence electrons. The van der Waals surface area contributed by atoms with Gasteiger partial charge in [0.25, 0.3) is 0 Å². The summed E-state index contributed by atoms with van der Waals surface area (Å²) >= 11 is 7.79. The Hall–Kier alpha value is -2.84. The standard InChI is InChI=1S/C23H24ClN5O2S/c1-15(30)25-16-7-6-8-17(13-16)26-21(31)14-32-23-28-27-22(19-11-4-5-12-20(19)24)29(23)18-9-2-3-10-18/h4-8,11-13,18H,2-3,9-10,14H2,1H3,(H,25,30)(H,26,31). The van der Waals surface area contributed by atoms with Crippen molar-refractivity contribution >= 4 is 46.6 Å². The van der Waals surface area contributed by atoms with Crippen molar-refractivity contribution in [2.24, 2.45) is 0 Å². The fraction of sp³-hybridized carbons (Fsp3) is 0.304. The molecule has 4 rings (SSSR count). The van der Waals surface area contributed by atoms with E-state index < -0.39 is 0 Å². The van der Waals surface area contributed by atoms with Crippen LogP contribution in [0.4, 0.5) is 11.4 Å². The molecular weight excluding hydrogens is 446 g/mol. The Morgan fingerprint density at radius 3 is 2.50 bits per heavy atom. The van der Waals surface area contributed by atoms with Crippen molar-refractivity contribution in [1.82, 2.24) is 14.8 Å². The van der Waals surface area contributed by atoms with Crippen LogP contribution in [0, 0.1) is 0 Å². The third kappa shape index (κ3) is 5.31. The maximum atomic E-state index is 12.6. The van der Waals surface area contributed by atoms with Gasteiger partial charge in [-0.05, 0) is 43.2 Å². The summed E-state index contributed by atoms with van der Waals surface area (Å²) in [7, 11) is 0. The summed E-state index contributed by atoms with van der Waals surface area (Å²) in [4.78, 5) is 23.8.